The number of carbonyl (C=O) groups excluding carboxylic acids is 1. The number of rotatable bonds is 6. The molecular formula is C20H21N3O3S. The molecule has 0 bridgehead atoms. The molecule has 140 valence electrons. The van der Waals surface area contributed by atoms with Crippen molar-refractivity contribution in [3.8, 4) is 11.3 Å². The van der Waals surface area contributed by atoms with E-state index >= 15 is 0 Å². The molecule has 1 amide bonds. The van der Waals surface area contributed by atoms with Crippen LogP contribution >= 0.6 is 11.3 Å². The third kappa shape index (κ3) is 4.27. The van der Waals surface area contributed by atoms with Gasteiger partial charge in [0.05, 0.1) is 19.3 Å². The topological polar surface area (TPSA) is 67.6 Å². The molecule has 7 heteroatoms. The van der Waals surface area contributed by atoms with Crippen LogP contribution in [0.1, 0.15) is 21.4 Å². The van der Waals surface area contributed by atoms with Crippen LogP contribution in [0.2, 0.25) is 0 Å². The Labute approximate surface area is 161 Å². The molecule has 3 aromatic rings. The van der Waals surface area contributed by atoms with Crippen LogP contribution in [-0.4, -0.2) is 48.8 Å². The fourth-order valence-electron chi connectivity index (χ4n) is 3.18. The van der Waals surface area contributed by atoms with Crippen LogP contribution in [-0.2, 0) is 4.74 Å². The Hall–Kier alpha value is -2.48. The van der Waals surface area contributed by atoms with E-state index < -0.39 is 0 Å². The summed E-state index contributed by atoms with van der Waals surface area (Å²) in [6.45, 7) is 3.69. The number of ether oxygens (including phenoxy) is 1. The number of amides is 1. The predicted molar refractivity (Wildman–Crippen MR) is 104 cm³/mol. The van der Waals surface area contributed by atoms with Crippen LogP contribution in [0.4, 0.5) is 0 Å². The number of nitrogens with one attached hydrogen (secondary N) is 1. The average Bonchev–Trinajstić information content (AvgIpc) is 3.42. The van der Waals surface area contributed by atoms with Gasteiger partial charge in [-0.25, -0.2) is 0 Å². The average molecular weight is 383 g/mol. The van der Waals surface area contributed by atoms with Gasteiger partial charge in [-0.3, -0.25) is 9.69 Å². The van der Waals surface area contributed by atoms with Gasteiger partial charge >= 0.3 is 0 Å². The van der Waals surface area contributed by atoms with E-state index in [9.17, 15) is 4.79 Å². The van der Waals surface area contributed by atoms with Crippen LogP contribution in [0.5, 0.6) is 0 Å². The first-order valence-electron chi connectivity index (χ1n) is 8.97. The number of hydrogen-bond acceptors (Lipinski definition) is 6. The zero-order valence-electron chi connectivity index (χ0n) is 14.8. The van der Waals surface area contributed by atoms with E-state index in [0.717, 1.165) is 31.9 Å². The minimum Gasteiger partial charge on any atom is -0.379 e. The molecule has 0 unspecified atom stereocenters. The van der Waals surface area contributed by atoms with Crippen molar-refractivity contribution >= 4 is 17.2 Å². The summed E-state index contributed by atoms with van der Waals surface area (Å²) in [5.74, 6) is 0.361. The highest BCUT2D eigenvalue weighted by atomic mass is 32.1. The summed E-state index contributed by atoms with van der Waals surface area (Å²) in [5.41, 5.74) is 1.19. The third-order valence-corrected chi connectivity index (χ3v) is 5.59. The Bertz CT molecular complexity index is 858. The molecule has 3 heterocycles. The smallest absolute Gasteiger partial charge is 0.273 e. The summed E-state index contributed by atoms with van der Waals surface area (Å²) in [6.07, 6.45) is 0. The van der Waals surface area contributed by atoms with Crippen molar-refractivity contribution in [2.45, 2.75) is 6.04 Å². The van der Waals surface area contributed by atoms with Crippen LogP contribution in [0.15, 0.2) is 58.4 Å². The monoisotopic (exact) mass is 383 g/mol. The number of morpholine rings is 1. The highest BCUT2D eigenvalue weighted by Gasteiger charge is 2.24. The molecule has 0 aliphatic carbocycles. The summed E-state index contributed by atoms with van der Waals surface area (Å²) in [5, 5.41) is 9.00. The fraction of sp³-hybridized carbons (Fsp3) is 0.300. The molecule has 1 aliphatic heterocycles. The summed E-state index contributed by atoms with van der Waals surface area (Å²) in [6, 6.07) is 15.6. The number of hydrogen-bond donors (Lipinski definition) is 1. The molecule has 1 N–H and O–H groups in total. The molecule has 27 heavy (non-hydrogen) atoms. The number of thiophene rings is 1. The van der Waals surface area contributed by atoms with Crippen molar-refractivity contribution in [2.24, 2.45) is 0 Å². The minimum absolute atomic E-state index is 0.137. The van der Waals surface area contributed by atoms with Crippen molar-refractivity contribution in [2.75, 3.05) is 32.8 Å². The highest BCUT2D eigenvalue weighted by Crippen LogP contribution is 2.25. The second-order valence-corrected chi connectivity index (χ2v) is 7.31. The summed E-state index contributed by atoms with van der Waals surface area (Å²) in [4.78, 5) is 16.2. The first-order chi connectivity index (χ1) is 13.3. The Morgan fingerprint density at radius 2 is 2.00 bits per heavy atom. The van der Waals surface area contributed by atoms with E-state index in [2.05, 4.69) is 26.8 Å². The van der Waals surface area contributed by atoms with Gasteiger partial charge in [0.25, 0.3) is 5.91 Å². The van der Waals surface area contributed by atoms with E-state index in [-0.39, 0.29) is 11.9 Å². The molecule has 1 aromatic carbocycles. The first-order valence-corrected chi connectivity index (χ1v) is 9.85. The van der Waals surface area contributed by atoms with Crippen molar-refractivity contribution in [3.63, 3.8) is 0 Å². The fourth-order valence-corrected chi connectivity index (χ4v) is 4.04. The lowest BCUT2D eigenvalue weighted by Crippen LogP contribution is -2.43. The van der Waals surface area contributed by atoms with Gasteiger partial charge in [0.1, 0.15) is 0 Å². The lowest BCUT2D eigenvalue weighted by Gasteiger charge is -2.34. The van der Waals surface area contributed by atoms with E-state index in [4.69, 9.17) is 9.26 Å². The van der Waals surface area contributed by atoms with E-state index in [1.807, 2.05) is 36.4 Å². The molecular weight excluding hydrogens is 362 g/mol. The Kier molecular flexibility index (Phi) is 5.62. The van der Waals surface area contributed by atoms with Crippen LogP contribution in [0.25, 0.3) is 11.3 Å². The van der Waals surface area contributed by atoms with E-state index in [1.54, 1.807) is 17.4 Å². The van der Waals surface area contributed by atoms with Crippen molar-refractivity contribution in [3.05, 3.63) is 64.5 Å². The lowest BCUT2D eigenvalue weighted by atomic mass is 10.1. The number of benzene rings is 1. The second kappa shape index (κ2) is 8.47. The quantitative estimate of drug-likeness (QED) is 0.708. The maximum atomic E-state index is 12.6. The van der Waals surface area contributed by atoms with E-state index in [1.165, 1.54) is 4.88 Å². The zero-order valence-corrected chi connectivity index (χ0v) is 15.7. The van der Waals surface area contributed by atoms with Gasteiger partial charge in [-0.05, 0) is 11.4 Å². The lowest BCUT2D eigenvalue weighted by molar-refractivity contribution is 0.0169. The molecule has 1 atom stereocenters. The van der Waals surface area contributed by atoms with Gasteiger partial charge in [0.15, 0.2) is 11.5 Å². The van der Waals surface area contributed by atoms with Gasteiger partial charge in [-0.15, -0.1) is 11.3 Å². The molecule has 4 rings (SSSR count). The molecule has 0 spiro atoms. The van der Waals surface area contributed by atoms with Crippen LogP contribution in [0.3, 0.4) is 0 Å². The number of nitrogens with zero attached hydrogens (tertiary/aromatic N) is 2. The van der Waals surface area contributed by atoms with Gasteiger partial charge in [-0.2, -0.15) is 0 Å². The Morgan fingerprint density at radius 3 is 2.74 bits per heavy atom. The second-order valence-electron chi connectivity index (χ2n) is 6.33. The molecule has 0 saturated carbocycles. The summed E-state index contributed by atoms with van der Waals surface area (Å²) >= 11 is 1.71. The predicted octanol–water partition coefficient (Wildman–Crippen LogP) is 3.21. The third-order valence-electron chi connectivity index (χ3n) is 4.62. The highest BCUT2D eigenvalue weighted by molar-refractivity contribution is 7.10. The van der Waals surface area contributed by atoms with Gasteiger partial charge in [-0.1, -0.05) is 41.6 Å². The normalized spacial score (nSPS) is 16.1. The minimum atomic E-state index is -0.226. The Balaban J connectivity index is 1.43. The number of aromatic nitrogens is 1. The number of carbonyl (C=O) groups is 1. The van der Waals surface area contributed by atoms with E-state index in [0.29, 0.717) is 18.0 Å². The Morgan fingerprint density at radius 1 is 1.19 bits per heavy atom. The first kappa shape index (κ1) is 17.9. The standard InChI is InChI=1S/C20H21N3O3S/c24-20(16-13-18(26-22-16)15-5-2-1-3-6-15)21-14-17(19-7-4-12-27-19)23-8-10-25-11-9-23/h1-7,12-13,17H,8-11,14H2,(H,21,24)/t17-/m0/s1. The molecule has 1 saturated heterocycles. The molecule has 1 aliphatic rings. The van der Waals surface area contributed by atoms with Crippen molar-refractivity contribution < 1.29 is 14.1 Å². The van der Waals surface area contributed by atoms with Gasteiger partial charge in [0.2, 0.25) is 0 Å². The zero-order chi connectivity index (χ0) is 18.5. The van der Waals surface area contributed by atoms with Crippen LogP contribution < -0.4 is 5.32 Å². The SMILES string of the molecule is O=C(NC[C@@H](c1cccs1)N1CCOCC1)c1cc(-c2ccccc2)on1. The summed E-state index contributed by atoms with van der Waals surface area (Å²) < 4.78 is 10.8. The summed E-state index contributed by atoms with van der Waals surface area (Å²) in [7, 11) is 0. The molecule has 6 nitrogen and oxygen atoms in total. The van der Waals surface area contributed by atoms with Gasteiger partial charge < -0.3 is 14.6 Å². The maximum Gasteiger partial charge on any atom is 0.273 e. The van der Waals surface area contributed by atoms with Crippen LogP contribution in [0, 0.1) is 0 Å². The van der Waals surface area contributed by atoms with Crippen molar-refractivity contribution in [1.29, 1.82) is 0 Å². The van der Waals surface area contributed by atoms with Gasteiger partial charge in [0, 0.05) is 36.1 Å². The maximum absolute atomic E-state index is 12.6. The molecule has 1 fully saturated rings. The molecule has 0 radical (unpaired) electrons. The molecule has 2 aromatic heterocycles. The van der Waals surface area contributed by atoms with Crippen molar-refractivity contribution in [1.82, 2.24) is 15.4 Å². The largest absolute Gasteiger partial charge is 0.379 e.